The van der Waals surface area contributed by atoms with Gasteiger partial charge < -0.3 is 15.2 Å². The minimum atomic E-state index is -1.11. The number of ether oxygens (including phenoxy) is 1. The van der Waals surface area contributed by atoms with E-state index in [4.69, 9.17) is 5.11 Å². The van der Waals surface area contributed by atoms with Gasteiger partial charge in [-0.2, -0.15) is 0 Å². The number of aryl methyl sites for hydroxylation is 1. The van der Waals surface area contributed by atoms with Crippen LogP contribution in [0.2, 0.25) is 0 Å². The zero-order valence-corrected chi connectivity index (χ0v) is 8.77. The highest BCUT2D eigenvalue weighted by Crippen LogP contribution is 2.06. The summed E-state index contributed by atoms with van der Waals surface area (Å²) >= 11 is 0. The normalized spacial score (nSPS) is 9.81. The Bertz CT molecular complexity index is 392. The maximum Gasteiger partial charge on any atom is 0.329 e. The molecule has 1 aromatic rings. The molecule has 1 amide bonds. The van der Waals surface area contributed by atoms with E-state index in [1.54, 1.807) is 12.3 Å². The van der Waals surface area contributed by atoms with Crippen molar-refractivity contribution in [2.75, 3.05) is 18.5 Å². The first-order chi connectivity index (χ1) is 7.58. The summed E-state index contributed by atoms with van der Waals surface area (Å²) in [6, 6.07) is 1.75. The van der Waals surface area contributed by atoms with Crippen LogP contribution in [0.1, 0.15) is 5.56 Å². The number of anilines is 1. The Morgan fingerprint density at radius 1 is 1.44 bits per heavy atom. The average Bonchev–Trinajstić information content (AvgIpc) is 2.16. The molecule has 6 heteroatoms. The second kappa shape index (κ2) is 5.82. The van der Waals surface area contributed by atoms with Crippen LogP contribution < -0.4 is 5.32 Å². The minimum Gasteiger partial charge on any atom is -0.480 e. The van der Waals surface area contributed by atoms with E-state index in [0.717, 1.165) is 5.56 Å². The molecule has 0 fully saturated rings. The van der Waals surface area contributed by atoms with E-state index in [2.05, 4.69) is 15.0 Å². The van der Waals surface area contributed by atoms with E-state index in [9.17, 15) is 9.59 Å². The summed E-state index contributed by atoms with van der Waals surface area (Å²) < 4.78 is 4.63. The van der Waals surface area contributed by atoms with Crippen LogP contribution in [0.15, 0.2) is 18.5 Å². The fourth-order valence-corrected chi connectivity index (χ4v) is 1.05. The number of carbonyl (C=O) groups is 2. The van der Waals surface area contributed by atoms with Crippen molar-refractivity contribution >= 4 is 17.6 Å². The highest BCUT2D eigenvalue weighted by molar-refractivity contribution is 5.91. The van der Waals surface area contributed by atoms with Gasteiger partial charge in [0.2, 0.25) is 5.91 Å². The molecule has 2 N–H and O–H groups in total. The zero-order chi connectivity index (χ0) is 12.0. The number of aliphatic carboxylic acids is 1. The Kier molecular flexibility index (Phi) is 4.41. The lowest BCUT2D eigenvalue weighted by atomic mass is 10.3. The number of hydrogen-bond acceptors (Lipinski definition) is 4. The van der Waals surface area contributed by atoms with Gasteiger partial charge in [0.05, 0.1) is 11.9 Å². The van der Waals surface area contributed by atoms with Gasteiger partial charge in [0, 0.05) is 6.20 Å². The summed E-state index contributed by atoms with van der Waals surface area (Å²) in [6.07, 6.45) is 3.17. The Morgan fingerprint density at radius 2 is 2.19 bits per heavy atom. The van der Waals surface area contributed by atoms with Crippen LogP contribution >= 0.6 is 0 Å². The second-order valence-electron chi connectivity index (χ2n) is 3.19. The summed E-state index contributed by atoms with van der Waals surface area (Å²) in [6.45, 7) is 1.07. The van der Waals surface area contributed by atoms with Gasteiger partial charge in [0.25, 0.3) is 0 Å². The monoisotopic (exact) mass is 224 g/mol. The van der Waals surface area contributed by atoms with Crippen LogP contribution in [0.3, 0.4) is 0 Å². The molecule has 0 aliphatic rings. The number of carbonyl (C=O) groups excluding carboxylic acids is 1. The van der Waals surface area contributed by atoms with Crippen molar-refractivity contribution in [2.45, 2.75) is 6.92 Å². The van der Waals surface area contributed by atoms with E-state index in [0.29, 0.717) is 5.69 Å². The van der Waals surface area contributed by atoms with Gasteiger partial charge in [-0.15, -0.1) is 0 Å². The molecule has 0 unspecified atom stereocenters. The van der Waals surface area contributed by atoms with Crippen molar-refractivity contribution in [1.82, 2.24) is 4.98 Å². The summed E-state index contributed by atoms with van der Waals surface area (Å²) in [5, 5.41) is 10.8. The van der Waals surface area contributed by atoms with E-state index in [1.165, 1.54) is 6.20 Å². The first kappa shape index (κ1) is 12.1. The van der Waals surface area contributed by atoms with Crippen molar-refractivity contribution in [1.29, 1.82) is 0 Å². The molecule has 0 bridgehead atoms. The fraction of sp³-hybridized carbons (Fsp3) is 0.300. The van der Waals surface area contributed by atoms with Gasteiger partial charge in [-0.25, -0.2) is 4.79 Å². The molecule has 0 aliphatic carbocycles. The van der Waals surface area contributed by atoms with Gasteiger partial charge in [0.1, 0.15) is 13.2 Å². The van der Waals surface area contributed by atoms with Crippen molar-refractivity contribution in [3.05, 3.63) is 24.0 Å². The molecule has 0 radical (unpaired) electrons. The number of nitrogens with zero attached hydrogens (tertiary/aromatic N) is 1. The molecule has 0 spiro atoms. The standard InChI is InChI=1S/C10H12N2O4/c1-7-2-8(4-11-3-7)12-9(13)5-16-6-10(14)15/h2-4H,5-6H2,1H3,(H,12,13)(H,14,15). The number of carboxylic acid groups (broad SMARTS) is 1. The molecule has 0 atom stereocenters. The predicted octanol–water partition coefficient (Wildman–Crippen LogP) is 0.430. The highest BCUT2D eigenvalue weighted by Gasteiger charge is 2.04. The third-order valence-electron chi connectivity index (χ3n) is 1.62. The van der Waals surface area contributed by atoms with Crippen LogP contribution in [0.25, 0.3) is 0 Å². The molecular weight excluding hydrogens is 212 g/mol. The molecule has 1 heterocycles. The topological polar surface area (TPSA) is 88.5 Å². The molecule has 0 aromatic carbocycles. The van der Waals surface area contributed by atoms with E-state index in [1.807, 2.05) is 6.92 Å². The van der Waals surface area contributed by atoms with Crippen molar-refractivity contribution in [3.63, 3.8) is 0 Å². The van der Waals surface area contributed by atoms with Gasteiger partial charge in [0.15, 0.2) is 0 Å². The highest BCUT2D eigenvalue weighted by atomic mass is 16.5. The first-order valence-corrected chi connectivity index (χ1v) is 4.59. The summed E-state index contributed by atoms with van der Waals surface area (Å²) in [5.74, 6) is -1.52. The van der Waals surface area contributed by atoms with E-state index in [-0.39, 0.29) is 6.61 Å². The van der Waals surface area contributed by atoms with Crippen LogP contribution in [0.4, 0.5) is 5.69 Å². The maximum absolute atomic E-state index is 11.2. The molecule has 1 aromatic heterocycles. The largest absolute Gasteiger partial charge is 0.480 e. The van der Waals surface area contributed by atoms with Crippen molar-refractivity contribution in [3.8, 4) is 0 Å². The maximum atomic E-state index is 11.2. The average molecular weight is 224 g/mol. The summed E-state index contributed by atoms with van der Waals surface area (Å²) in [5.41, 5.74) is 1.48. The number of amides is 1. The summed E-state index contributed by atoms with van der Waals surface area (Å²) in [7, 11) is 0. The second-order valence-corrected chi connectivity index (χ2v) is 3.19. The van der Waals surface area contributed by atoms with Gasteiger partial charge in [-0.3, -0.25) is 9.78 Å². The Labute approximate surface area is 92.3 Å². The van der Waals surface area contributed by atoms with Crippen LogP contribution in [-0.4, -0.2) is 35.2 Å². The van der Waals surface area contributed by atoms with Gasteiger partial charge in [-0.05, 0) is 18.6 Å². The smallest absolute Gasteiger partial charge is 0.329 e. The van der Waals surface area contributed by atoms with Gasteiger partial charge >= 0.3 is 5.97 Å². The Morgan fingerprint density at radius 3 is 2.81 bits per heavy atom. The molecule has 86 valence electrons. The van der Waals surface area contributed by atoms with Gasteiger partial charge in [-0.1, -0.05) is 0 Å². The van der Waals surface area contributed by atoms with E-state index < -0.39 is 18.5 Å². The van der Waals surface area contributed by atoms with Crippen molar-refractivity contribution < 1.29 is 19.4 Å². The van der Waals surface area contributed by atoms with E-state index >= 15 is 0 Å². The van der Waals surface area contributed by atoms with Crippen molar-refractivity contribution in [2.24, 2.45) is 0 Å². The lowest BCUT2D eigenvalue weighted by Gasteiger charge is -2.05. The number of rotatable bonds is 5. The lowest BCUT2D eigenvalue weighted by molar-refractivity contribution is -0.143. The first-order valence-electron chi connectivity index (χ1n) is 4.59. The lowest BCUT2D eigenvalue weighted by Crippen LogP contribution is -2.20. The number of pyridine rings is 1. The predicted molar refractivity (Wildman–Crippen MR) is 56.1 cm³/mol. The molecule has 0 saturated carbocycles. The van der Waals surface area contributed by atoms with Crippen LogP contribution in [0, 0.1) is 6.92 Å². The third kappa shape index (κ3) is 4.52. The minimum absolute atomic E-state index is 0.291. The number of carboxylic acids is 1. The molecule has 0 saturated heterocycles. The number of nitrogens with one attached hydrogen (secondary N) is 1. The summed E-state index contributed by atoms with van der Waals surface area (Å²) in [4.78, 5) is 25.3. The molecule has 1 rings (SSSR count). The molecule has 0 aliphatic heterocycles. The Balaban J connectivity index is 2.37. The molecule has 6 nitrogen and oxygen atoms in total. The SMILES string of the molecule is Cc1cncc(NC(=O)COCC(=O)O)c1. The van der Waals surface area contributed by atoms with Crippen LogP contribution in [0.5, 0.6) is 0 Å². The third-order valence-corrected chi connectivity index (χ3v) is 1.62. The Hall–Kier alpha value is -1.95. The number of hydrogen-bond donors (Lipinski definition) is 2. The molecular formula is C10H12N2O4. The zero-order valence-electron chi connectivity index (χ0n) is 8.77. The fourth-order valence-electron chi connectivity index (χ4n) is 1.05. The molecule has 16 heavy (non-hydrogen) atoms. The van der Waals surface area contributed by atoms with Crippen LogP contribution in [-0.2, 0) is 14.3 Å². The number of aromatic nitrogens is 1. The quantitative estimate of drug-likeness (QED) is 0.757.